The number of amidine groups is 1. The monoisotopic (exact) mass is 347 g/mol. The quantitative estimate of drug-likeness (QED) is 0.894. The molecular weight excluding hydrogens is 331 g/mol. The molecule has 0 bridgehead atoms. The van der Waals surface area contributed by atoms with Crippen LogP contribution in [0.25, 0.3) is 0 Å². The topological polar surface area (TPSA) is 42.9 Å². The minimum Gasteiger partial charge on any atom is -0.283 e. The highest BCUT2D eigenvalue weighted by molar-refractivity contribution is 5.89. The van der Waals surface area contributed by atoms with Gasteiger partial charge in [-0.25, -0.2) is 18.7 Å². The Morgan fingerprint density at radius 2 is 1.80 bits per heavy atom. The van der Waals surface area contributed by atoms with Gasteiger partial charge in [0.15, 0.2) is 17.5 Å². The largest absolute Gasteiger partial charge is 0.283 e. The molecule has 25 heavy (non-hydrogen) atoms. The molecule has 0 aromatic heterocycles. The number of hydrogen-bond donors (Lipinski definition) is 2. The Labute approximate surface area is 142 Å². The molecule has 0 saturated carbocycles. The molecule has 1 atom stereocenters. The van der Waals surface area contributed by atoms with Gasteiger partial charge >= 0.3 is 0 Å². The van der Waals surface area contributed by atoms with E-state index in [1.54, 1.807) is 23.2 Å². The van der Waals surface area contributed by atoms with Crippen molar-refractivity contribution < 1.29 is 13.2 Å². The van der Waals surface area contributed by atoms with Gasteiger partial charge in [0.1, 0.15) is 5.82 Å². The van der Waals surface area contributed by atoms with Crippen LogP contribution in [0.5, 0.6) is 0 Å². The SMILES string of the molecule is Fc1ccccc1C1C2=NNNN2CCN1Cc1cccc(F)c1F. The second kappa shape index (κ2) is 6.38. The number of nitrogens with zero attached hydrogens (tertiary/aromatic N) is 3. The maximum absolute atomic E-state index is 14.4. The lowest BCUT2D eigenvalue weighted by Gasteiger charge is -2.40. The number of benzene rings is 2. The van der Waals surface area contributed by atoms with E-state index in [2.05, 4.69) is 16.2 Å². The van der Waals surface area contributed by atoms with Gasteiger partial charge in [-0.2, -0.15) is 0 Å². The van der Waals surface area contributed by atoms with Gasteiger partial charge in [0, 0.05) is 24.2 Å². The van der Waals surface area contributed by atoms with E-state index in [1.807, 2.05) is 4.90 Å². The zero-order valence-corrected chi connectivity index (χ0v) is 13.2. The summed E-state index contributed by atoms with van der Waals surface area (Å²) >= 11 is 0. The summed E-state index contributed by atoms with van der Waals surface area (Å²) in [7, 11) is 0. The minimum absolute atomic E-state index is 0.148. The second-order valence-electron chi connectivity index (χ2n) is 5.95. The van der Waals surface area contributed by atoms with Crippen molar-refractivity contribution in [1.29, 1.82) is 0 Å². The number of hydrazone groups is 1. The Hall–Kier alpha value is -2.58. The Balaban J connectivity index is 1.72. The van der Waals surface area contributed by atoms with E-state index >= 15 is 0 Å². The fourth-order valence-electron chi connectivity index (χ4n) is 3.25. The van der Waals surface area contributed by atoms with Gasteiger partial charge in [-0.3, -0.25) is 9.91 Å². The van der Waals surface area contributed by atoms with Crippen molar-refractivity contribution >= 4 is 5.84 Å². The highest BCUT2D eigenvalue weighted by atomic mass is 19.2. The van der Waals surface area contributed by atoms with E-state index in [0.29, 0.717) is 24.5 Å². The molecule has 2 aliphatic rings. The average Bonchev–Trinajstić information content (AvgIpc) is 3.08. The van der Waals surface area contributed by atoms with Gasteiger partial charge in [0.25, 0.3) is 0 Å². The normalized spacial score (nSPS) is 20.2. The van der Waals surface area contributed by atoms with E-state index in [-0.39, 0.29) is 17.9 Å². The predicted octanol–water partition coefficient (Wildman–Crippen LogP) is 2.30. The molecule has 0 aliphatic carbocycles. The van der Waals surface area contributed by atoms with Crippen LogP contribution in [0.3, 0.4) is 0 Å². The van der Waals surface area contributed by atoms with Gasteiger partial charge in [0.05, 0.1) is 12.6 Å². The fourth-order valence-corrected chi connectivity index (χ4v) is 3.25. The van der Waals surface area contributed by atoms with Crippen LogP contribution < -0.4 is 11.1 Å². The molecule has 8 heteroatoms. The van der Waals surface area contributed by atoms with Crippen LogP contribution in [-0.2, 0) is 6.54 Å². The Morgan fingerprint density at radius 1 is 1.00 bits per heavy atom. The number of hydrogen-bond acceptors (Lipinski definition) is 5. The molecule has 2 aliphatic heterocycles. The predicted molar refractivity (Wildman–Crippen MR) is 86.3 cm³/mol. The van der Waals surface area contributed by atoms with E-state index in [1.165, 1.54) is 18.2 Å². The molecule has 1 fully saturated rings. The lowest BCUT2D eigenvalue weighted by atomic mass is 10.00. The second-order valence-corrected chi connectivity index (χ2v) is 5.95. The van der Waals surface area contributed by atoms with Crippen molar-refractivity contribution in [2.75, 3.05) is 13.1 Å². The van der Waals surface area contributed by atoms with Crippen LogP contribution in [0.1, 0.15) is 17.2 Å². The third-order valence-electron chi connectivity index (χ3n) is 4.46. The van der Waals surface area contributed by atoms with Crippen molar-refractivity contribution in [3.8, 4) is 0 Å². The summed E-state index contributed by atoms with van der Waals surface area (Å²) in [4.78, 5) is 1.89. The number of nitrogens with one attached hydrogen (secondary N) is 2. The van der Waals surface area contributed by atoms with E-state index in [0.717, 1.165) is 6.07 Å². The number of piperazine rings is 1. The molecule has 2 aromatic rings. The van der Waals surface area contributed by atoms with Crippen LogP contribution in [0.15, 0.2) is 47.6 Å². The minimum atomic E-state index is -0.889. The lowest BCUT2D eigenvalue weighted by molar-refractivity contribution is 0.142. The van der Waals surface area contributed by atoms with Crippen LogP contribution >= 0.6 is 0 Å². The Morgan fingerprint density at radius 3 is 2.64 bits per heavy atom. The van der Waals surface area contributed by atoms with Gasteiger partial charge in [-0.1, -0.05) is 30.3 Å². The molecular formula is C17H16F3N5. The van der Waals surface area contributed by atoms with Crippen LogP contribution in [0, 0.1) is 17.5 Å². The zero-order valence-electron chi connectivity index (χ0n) is 13.2. The number of halogens is 3. The first-order valence-electron chi connectivity index (χ1n) is 7.92. The van der Waals surface area contributed by atoms with Gasteiger partial charge in [-0.15, -0.1) is 10.6 Å². The summed E-state index contributed by atoms with van der Waals surface area (Å²) in [5.74, 6) is -1.54. The molecule has 4 rings (SSSR count). The molecule has 0 amide bonds. The highest BCUT2D eigenvalue weighted by Crippen LogP contribution is 2.31. The first kappa shape index (κ1) is 15.9. The van der Waals surface area contributed by atoms with Gasteiger partial charge in [-0.05, 0) is 12.1 Å². The first-order chi connectivity index (χ1) is 12.1. The van der Waals surface area contributed by atoms with Crippen molar-refractivity contribution in [3.05, 3.63) is 71.0 Å². The van der Waals surface area contributed by atoms with E-state index in [9.17, 15) is 13.2 Å². The summed E-state index contributed by atoms with van der Waals surface area (Å²) in [6.07, 6.45) is 0. The highest BCUT2D eigenvalue weighted by Gasteiger charge is 2.38. The lowest BCUT2D eigenvalue weighted by Crippen LogP contribution is -2.54. The van der Waals surface area contributed by atoms with E-state index < -0.39 is 17.7 Å². The number of fused-ring (bicyclic) bond motifs is 1. The van der Waals surface area contributed by atoms with Crippen LogP contribution in [-0.4, -0.2) is 28.8 Å². The first-order valence-corrected chi connectivity index (χ1v) is 7.92. The zero-order chi connectivity index (χ0) is 17.4. The summed E-state index contributed by atoms with van der Waals surface area (Å²) in [5, 5.41) is 5.98. The van der Waals surface area contributed by atoms with Gasteiger partial charge in [0.2, 0.25) is 0 Å². The van der Waals surface area contributed by atoms with Crippen molar-refractivity contribution in [2.45, 2.75) is 12.6 Å². The van der Waals surface area contributed by atoms with Crippen molar-refractivity contribution in [2.24, 2.45) is 5.10 Å². The third-order valence-corrected chi connectivity index (χ3v) is 4.46. The van der Waals surface area contributed by atoms with Crippen molar-refractivity contribution in [1.82, 2.24) is 21.0 Å². The fraction of sp³-hybridized carbons (Fsp3) is 0.235. The summed E-state index contributed by atoms with van der Waals surface area (Å²) in [5.41, 5.74) is 6.22. The Kier molecular flexibility index (Phi) is 4.06. The molecule has 2 heterocycles. The van der Waals surface area contributed by atoms with Crippen LogP contribution in [0.2, 0.25) is 0 Å². The molecule has 1 saturated heterocycles. The molecule has 0 spiro atoms. The van der Waals surface area contributed by atoms with Crippen molar-refractivity contribution in [3.63, 3.8) is 0 Å². The average molecular weight is 347 g/mol. The molecule has 5 nitrogen and oxygen atoms in total. The maximum atomic E-state index is 14.4. The molecule has 2 N–H and O–H groups in total. The van der Waals surface area contributed by atoms with Gasteiger partial charge < -0.3 is 0 Å². The molecule has 2 aromatic carbocycles. The summed E-state index contributed by atoms with van der Waals surface area (Å²) in [6.45, 7) is 1.26. The standard InChI is InChI=1S/C17H16F3N5/c18-13-6-2-1-5-12(13)16-17-21-22-23-25(17)9-8-24(16)10-11-4-3-7-14(19)15(11)20/h1-7,16,22-23H,8-10H2. The molecule has 1 unspecified atom stereocenters. The number of rotatable bonds is 3. The summed E-state index contributed by atoms with van der Waals surface area (Å²) in [6, 6.07) is 10.00. The third kappa shape index (κ3) is 2.83. The summed E-state index contributed by atoms with van der Waals surface area (Å²) < 4.78 is 42.0. The number of hydrazine groups is 2. The maximum Gasteiger partial charge on any atom is 0.164 e. The smallest absolute Gasteiger partial charge is 0.164 e. The molecule has 0 radical (unpaired) electrons. The van der Waals surface area contributed by atoms with E-state index in [4.69, 9.17) is 0 Å². The Bertz CT molecular complexity index is 826. The van der Waals surface area contributed by atoms with Crippen LogP contribution in [0.4, 0.5) is 13.2 Å². The molecule has 130 valence electrons.